The van der Waals surface area contributed by atoms with E-state index in [2.05, 4.69) is 134 Å². The lowest BCUT2D eigenvalue weighted by Crippen LogP contribution is -2.38. The molecule has 2 aromatic carbocycles. The molecule has 0 radical (unpaired) electrons. The van der Waals surface area contributed by atoms with Crippen LogP contribution in [-0.4, -0.2) is 39.5 Å². The highest BCUT2D eigenvalue weighted by Crippen LogP contribution is 2.60. The molecule has 8 aromatic heterocycles. The van der Waals surface area contributed by atoms with E-state index in [0.29, 0.717) is 0 Å². The maximum absolute atomic E-state index is 5.14. The summed E-state index contributed by atoms with van der Waals surface area (Å²) in [6, 6.07) is 37.5. The quantitative estimate of drug-likeness (QED) is 0.123. The Kier molecular flexibility index (Phi) is 7.37. The molecule has 63 heavy (non-hydrogen) atoms. The number of hydrogen-bond acceptors (Lipinski definition) is 7. The van der Waals surface area contributed by atoms with Crippen LogP contribution in [0.5, 0.6) is 0 Å². The van der Waals surface area contributed by atoms with Gasteiger partial charge in [0.1, 0.15) is 0 Å². The lowest BCUT2D eigenvalue weighted by molar-refractivity contribution is -0.675. The van der Waals surface area contributed by atoms with Gasteiger partial charge in [0.25, 0.3) is 0 Å². The van der Waals surface area contributed by atoms with Gasteiger partial charge in [-0.15, -0.1) is 0 Å². The van der Waals surface area contributed by atoms with Crippen LogP contribution < -0.4 is 4.57 Å². The second-order valence-electron chi connectivity index (χ2n) is 16.5. The molecule has 0 atom stereocenters. The van der Waals surface area contributed by atoms with Crippen molar-refractivity contribution in [1.29, 1.82) is 0 Å². The van der Waals surface area contributed by atoms with Crippen LogP contribution in [0.4, 0.5) is 0 Å². The van der Waals surface area contributed by atoms with Crippen LogP contribution in [0.1, 0.15) is 61.3 Å². The number of aryl methyl sites for hydroxylation is 1. The summed E-state index contributed by atoms with van der Waals surface area (Å²) in [5.41, 5.74) is 16.0. The van der Waals surface area contributed by atoms with Crippen LogP contribution >= 0.6 is 0 Å². The van der Waals surface area contributed by atoms with Gasteiger partial charge in [0.05, 0.1) is 23.6 Å². The first-order chi connectivity index (χ1) is 31.2. The number of pyridine rings is 7. The molecule has 8 heterocycles. The van der Waals surface area contributed by atoms with E-state index < -0.39 is 16.4 Å². The first-order valence-corrected chi connectivity index (χ1v) is 20.9. The van der Waals surface area contributed by atoms with Gasteiger partial charge >= 0.3 is 0 Å². The Morgan fingerprint density at radius 1 is 0.429 bits per heavy atom. The summed E-state index contributed by atoms with van der Waals surface area (Å²) < 4.78 is 4.19. The van der Waals surface area contributed by atoms with Gasteiger partial charge in [0.2, 0.25) is 6.33 Å². The zero-order valence-electron chi connectivity index (χ0n) is 34.0. The van der Waals surface area contributed by atoms with Crippen molar-refractivity contribution in [3.05, 3.63) is 264 Å². The van der Waals surface area contributed by atoms with E-state index in [1.807, 2.05) is 104 Å². The Labute approximate surface area is 363 Å². The minimum Gasteiger partial charge on any atom is -0.354 e. The van der Waals surface area contributed by atoms with Crippen LogP contribution in [0.3, 0.4) is 0 Å². The Bertz CT molecular complexity index is 3330. The summed E-state index contributed by atoms with van der Waals surface area (Å²) in [5.74, 6) is 0. The fourth-order valence-electron chi connectivity index (χ4n) is 11.4. The smallest absolute Gasteiger partial charge is 0.204 e. The molecule has 0 saturated carbocycles. The molecule has 10 aromatic rings. The molecule has 3 aliphatic carbocycles. The summed E-state index contributed by atoms with van der Waals surface area (Å²) in [6.45, 7) is 0. The van der Waals surface area contributed by atoms with Gasteiger partial charge in [-0.1, -0.05) is 48.5 Å². The van der Waals surface area contributed by atoms with Gasteiger partial charge in [-0.3, -0.25) is 34.9 Å². The molecule has 0 bridgehead atoms. The van der Waals surface area contributed by atoms with Gasteiger partial charge in [-0.25, -0.2) is 0 Å². The largest absolute Gasteiger partial charge is 0.354 e. The summed E-state index contributed by atoms with van der Waals surface area (Å²) in [4.78, 5) is 33.0. The van der Waals surface area contributed by atoms with Crippen molar-refractivity contribution in [2.75, 3.05) is 0 Å². The monoisotopic (exact) mass is 809 g/mol. The number of fused-ring (bicyclic) bond motifs is 9. The molecule has 0 fully saturated rings. The molecular formula is C54H35N9. The summed E-state index contributed by atoms with van der Waals surface area (Å²) in [6.07, 6.45) is 32.9. The van der Waals surface area contributed by atoms with Crippen molar-refractivity contribution >= 4 is 0 Å². The third-order valence-electron chi connectivity index (χ3n) is 13.7. The second-order valence-corrected chi connectivity index (χ2v) is 16.5. The first-order valence-electron chi connectivity index (χ1n) is 20.9. The number of benzene rings is 2. The van der Waals surface area contributed by atoms with Gasteiger partial charge in [0.15, 0.2) is 5.54 Å². The fraction of sp³-hybridized carbons (Fsp3) is 0.0741. The summed E-state index contributed by atoms with van der Waals surface area (Å²) in [7, 11) is 2.01. The van der Waals surface area contributed by atoms with Crippen LogP contribution in [-0.2, 0) is 23.4 Å². The number of nitrogens with zero attached hydrogens (tertiary/aromatic N) is 9. The molecule has 0 N–H and O–H groups in total. The van der Waals surface area contributed by atoms with Gasteiger partial charge < -0.3 is 9.13 Å². The minimum atomic E-state index is -0.804. The summed E-state index contributed by atoms with van der Waals surface area (Å²) >= 11 is 0. The lowest BCUT2D eigenvalue weighted by atomic mass is 9.64. The Morgan fingerprint density at radius 3 is 1.29 bits per heavy atom. The summed E-state index contributed by atoms with van der Waals surface area (Å²) in [5, 5.41) is 0. The third-order valence-corrected chi connectivity index (χ3v) is 13.7. The highest BCUT2D eigenvalue weighted by molar-refractivity contribution is 5.88. The molecule has 0 amide bonds. The fourth-order valence-corrected chi connectivity index (χ4v) is 11.4. The zero-order chi connectivity index (χ0) is 41.8. The number of aromatic nitrogens is 9. The highest BCUT2D eigenvalue weighted by atomic mass is 15.2. The van der Waals surface area contributed by atoms with Crippen molar-refractivity contribution in [2.45, 2.75) is 16.4 Å². The third kappa shape index (κ3) is 4.49. The molecule has 0 aliphatic heterocycles. The van der Waals surface area contributed by atoms with E-state index in [-0.39, 0.29) is 0 Å². The van der Waals surface area contributed by atoms with Crippen molar-refractivity contribution < 1.29 is 4.57 Å². The Balaban J connectivity index is 1.13. The molecular weight excluding hydrogens is 775 g/mol. The maximum Gasteiger partial charge on any atom is 0.204 e. The van der Waals surface area contributed by atoms with Gasteiger partial charge in [0, 0.05) is 131 Å². The van der Waals surface area contributed by atoms with E-state index in [1.54, 1.807) is 0 Å². The zero-order valence-corrected chi connectivity index (χ0v) is 34.0. The van der Waals surface area contributed by atoms with Gasteiger partial charge in [-0.05, 0) is 106 Å². The SMILES string of the molecule is C[n+]1[c-]n(C2(c3cccc(C4(c5cccc(C6(c7ccccn7)c7ccncc7-c7cnccc76)c5)c5ccncc5-c5cnccc54)c3)c3ccncc3-c3cnccc32)cc1. The van der Waals surface area contributed by atoms with Crippen molar-refractivity contribution in [3.8, 4) is 33.4 Å². The predicted octanol–water partition coefficient (Wildman–Crippen LogP) is 8.42. The van der Waals surface area contributed by atoms with E-state index >= 15 is 0 Å². The molecule has 9 nitrogen and oxygen atoms in total. The van der Waals surface area contributed by atoms with Crippen molar-refractivity contribution in [3.63, 3.8) is 0 Å². The van der Waals surface area contributed by atoms with Crippen LogP contribution in [0.2, 0.25) is 0 Å². The van der Waals surface area contributed by atoms with Crippen molar-refractivity contribution in [2.24, 2.45) is 7.05 Å². The normalized spacial score (nSPS) is 15.1. The Hall–Kier alpha value is -8.30. The van der Waals surface area contributed by atoms with Crippen molar-refractivity contribution in [1.82, 2.24) is 39.5 Å². The van der Waals surface area contributed by atoms with E-state index in [4.69, 9.17) is 15.0 Å². The molecule has 0 saturated heterocycles. The molecule has 3 aliphatic rings. The number of hydrogen-bond donors (Lipinski definition) is 0. The van der Waals surface area contributed by atoms with E-state index in [9.17, 15) is 0 Å². The number of rotatable bonds is 6. The minimum absolute atomic E-state index is 0.763. The standard InChI is InChI=1S/C54H35N9/c1-62-24-25-63(34-62)54(49-15-22-59-32-43(49)44-33-60-23-16-50(44)54)38-9-5-7-36(27-38)52(45-11-18-55-28-39(45)40-29-56-19-12-46(40)52)35-6-4-8-37(26-35)53(51-10-2-3-17-61-51)47-13-20-57-30-41(47)42-31-58-21-14-48(42)53/h2-33H,1H3. The van der Waals surface area contributed by atoms with Crippen LogP contribution in [0.15, 0.2) is 196 Å². The highest BCUT2D eigenvalue weighted by Gasteiger charge is 2.53. The molecule has 9 heteroatoms. The first kappa shape index (κ1) is 35.5. The molecule has 0 spiro atoms. The average Bonchev–Trinajstić information content (AvgIpc) is 4.09. The average molecular weight is 810 g/mol. The predicted molar refractivity (Wildman–Crippen MR) is 237 cm³/mol. The molecule has 0 unspecified atom stereocenters. The molecule has 13 rings (SSSR count). The van der Waals surface area contributed by atoms with E-state index in [1.165, 1.54) is 0 Å². The Morgan fingerprint density at radius 2 is 0.841 bits per heavy atom. The number of imidazole rings is 1. The molecule has 296 valence electrons. The lowest BCUT2D eigenvalue weighted by Gasteiger charge is -2.38. The topological polar surface area (TPSA) is 99.0 Å². The van der Waals surface area contributed by atoms with Gasteiger partial charge in [-0.2, -0.15) is 0 Å². The van der Waals surface area contributed by atoms with Crippen LogP contribution in [0.25, 0.3) is 33.4 Å². The maximum atomic E-state index is 5.14. The van der Waals surface area contributed by atoms with Crippen LogP contribution in [0, 0.1) is 6.33 Å². The van der Waals surface area contributed by atoms with E-state index in [0.717, 1.165) is 94.7 Å². The second kappa shape index (κ2) is 13.1.